The summed E-state index contributed by atoms with van der Waals surface area (Å²) >= 11 is 5.80. The highest BCUT2D eigenvalue weighted by atomic mass is 35.5. The molecule has 20 heavy (non-hydrogen) atoms. The largest absolute Gasteiger partial charge is 0.370 e. The summed E-state index contributed by atoms with van der Waals surface area (Å²) in [5.74, 6) is -0.0624. The predicted octanol–water partition coefficient (Wildman–Crippen LogP) is 0.385. The van der Waals surface area contributed by atoms with Crippen LogP contribution in [0, 0.1) is 0 Å². The van der Waals surface area contributed by atoms with Crippen molar-refractivity contribution in [2.75, 3.05) is 39.4 Å². The van der Waals surface area contributed by atoms with E-state index in [2.05, 4.69) is 5.32 Å². The Labute approximate surface area is 124 Å². The van der Waals surface area contributed by atoms with Gasteiger partial charge in [0.1, 0.15) is 13.1 Å². The fourth-order valence-electron chi connectivity index (χ4n) is 2.08. The number of carbonyl (C=O) groups is 1. The summed E-state index contributed by atoms with van der Waals surface area (Å²) in [5, 5.41) is 3.59. The molecule has 1 aromatic rings. The Morgan fingerprint density at radius 3 is 2.70 bits per heavy atom. The smallest absolute Gasteiger partial charge is 0.244 e. The quantitative estimate of drug-likeness (QED) is 0.772. The number of rotatable bonds is 5. The lowest BCUT2D eigenvalue weighted by molar-refractivity contribution is -0.906. The fourth-order valence-corrected chi connectivity index (χ4v) is 2.20. The zero-order valence-corrected chi connectivity index (χ0v) is 12.2. The van der Waals surface area contributed by atoms with Gasteiger partial charge in [-0.05, 0) is 23.8 Å². The molecule has 1 amide bonds. The molecule has 1 aliphatic rings. The molecular weight excluding hydrogens is 276 g/mol. The third-order valence-corrected chi connectivity index (χ3v) is 3.53. The standard InChI is InChI=1S/C15H19ClN2O2/c16-14-4-1-13(2-5-14)3-6-15(19)17-7-8-18-9-11-20-12-10-18/h1-6H,7-12H2,(H,17,19)/p+1/b6-3+. The van der Waals surface area contributed by atoms with E-state index in [-0.39, 0.29) is 5.91 Å². The Balaban J connectivity index is 1.68. The van der Waals surface area contributed by atoms with Gasteiger partial charge in [0, 0.05) is 11.1 Å². The number of quaternary nitrogens is 1. The first-order valence-corrected chi connectivity index (χ1v) is 7.24. The minimum Gasteiger partial charge on any atom is -0.370 e. The number of hydrogen-bond acceptors (Lipinski definition) is 2. The van der Waals surface area contributed by atoms with Crippen LogP contribution in [-0.4, -0.2) is 45.3 Å². The molecule has 1 aromatic carbocycles. The van der Waals surface area contributed by atoms with Crippen LogP contribution in [0.3, 0.4) is 0 Å². The Kier molecular flexibility index (Phi) is 6.05. The SMILES string of the molecule is O=C(/C=C/c1ccc(Cl)cc1)NCC[NH+]1CCOCC1. The third-order valence-electron chi connectivity index (χ3n) is 3.27. The van der Waals surface area contributed by atoms with E-state index in [9.17, 15) is 4.79 Å². The maximum Gasteiger partial charge on any atom is 0.244 e. The molecule has 1 heterocycles. The second kappa shape index (κ2) is 8.04. The van der Waals surface area contributed by atoms with E-state index in [1.54, 1.807) is 24.3 Å². The molecule has 1 aliphatic heterocycles. The van der Waals surface area contributed by atoms with E-state index in [4.69, 9.17) is 16.3 Å². The second-order valence-corrected chi connectivity index (χ2v) is 5.22. The molecule has 0 aromatic heterocycles. The van der Waals surface area contributed by atoms with Gasteiger partial charge in [0.15, 0.2) is 0 Å². The molecule has 0 spiro atoms. The Hall–Kier alpha value is -1.36. The minimum atomic E-state index is -0.0624. The first-order chi connectivity index (χ1) is 9.74. The highest BCUT2D eigenvalue weighted by Crippen LogP contribution is 2.10. The van der Waals surface area contributed by atoms with Gasteiger partial charge >= 0.3 is 0 Å². The van der Waals surface area contributed by atoms with Gasteiger partial charge in [-0.15, -0.1) is 0 Å². The highest BCUT2D eigenvalue weighted by molar-refractivity contribution is 6.30. The summed E-state index contributed by atoms with van der Waals surface area (Å²) in [6.45, 7) is 5.33. The number of ether oxygens (including phenoxy) is 1. The number of nitrogens with one attached hydrogen (secondary N) is 2. The molecule has 1 saturated heterocycles. The molecular formula is C15H20ClN2O2+. The van der Waals surface area contributed by atoms with Crippen LogP contribution in [0.15, 0.2) is 30.3 Å². The molecule has 0 bridgehead atoms. The normalized spacial score (nSPS) is 16.4. The van der Waals surface area contributed by atoms with Crippen molar-refractivity contribution in [3.8, 4) is 0 Å². The number of benzene rings is 1. The van der Waals surface area contributed by atoms with Crippen molar-refractivity contribution in [1.29, 1.82) is 0 Å². The van der Waals surface area contributed by atoms with E-state index in [0.717, 1.165) is 38.4 Å². The molecule has 0 aliphatic carbocycles. The average Bonchev–Trinajstić information content (AvgIpc) is 2.48. The molecule has 0 unspecified atom stereocenters. The Bertz CT molecular complexity index is 453. The summed E-state index contributed by atoms with van der Waals surface area (Å²) < 4.78 is 5.29. The molecule has 0 atom stereocenters. The van der Waals surface area contributed by atoms with Crippen molar-refractivity contribution in [1.82, 2.24) is 5.32 Å². The number of amides is 1. The summed E-state index contributed by atoms with van der Waals surface area (Å²) in [7, 11) is 0. The van der Waals surface area contributed by atoms with Gasteiger partial charge < -0.3 is 15.0 Å². The van der Waals surface area contributed by atoms with Crippen LogP contribution >= 0.6 is 11.6 Å². The lowest BCUT2D eigenvalue weighted by Crippen LogP contribution is -3.14. The van der Waals surface area contributed by atoms with Crippen LogP contribution in [0.25, 0.3) is 6.08 Å². The van der Waals surface area contributed by atoms with Crippen molar-refractivity contribution in [2.24, 2.45) is 0 Å². The highest BCUT2D eigenvalue weighted by Gasteiger charge is 2.12. The maximum atomic E-state index is 11.7. The first-order valence-electron chi connectivity index (χ1n) is 6.87. The Morgan fingerprint density at radius 2 is 2.00 bits per heavy atom. The zero-order chi connectivity index (χ0) is 14.2. The summed E-state index contributed by atoms with van der Waals surface area (Å²) in [5.41, 5.74) is 0.961. The van der Waals surface area contributed by atoms with Crippen LogP contribution in [0.2, 0.25) is 5.02 Å². The third kappa shape index (κ3) is 5.33. The van der Waals surface area contributed by atoms with E-state index in [0.29, 0.717) is 11.6 Å². The van der Waals surface area contributed by atoms with Gasteiger partial charge in [-0.2, -0.15) is 0 Å². The molecule has 0 radical (unpaired) electrons. The number of hydrogen-bond donors (Lipinski definition) is 2. The molecule has 5 heteroatoms. The molecule has 2 N–H and O–H groups in total. The number of carbonyl (C=O) groups excluding carboxylic acids is 1. The Morgan fingerprint density at radius 1 is 1.30 bits per heavy atom. The van der Waals surface area contributed by atoms with Crippen molar-refractivity contribution in [3.63, 3.8) is 0 Å². The van der Waals surface area contributed by atoms with Gasteiger partial charge in [0.05, 0.1) is 26.3 Å². The van der Waals surface area contributed by atoms with Gasteiger partial charge in [0.2, 0.25) is 5.91 Å². The lowest BCUT2D eigenvalue weighted by atomic mass is 10.2. The number of halogens is 1. The minimum absolute atomic E-state index is 0.0624. The molecule has 108 valence electrons. The topological polar surface area (TPSA) is 42.8 Å². The van der Waals surface area contributed by atoms with Crippen LogP contribution in [-0.2, 0) is 9.53 Å². The van der Waals surface area contributed by atoms with Gasteiger partial charge in [-0.25, -0.2) is 0 Å². The molecule has 0 saturated carbocycles. The summed E-state index contributed by atoms with van der Waals surface area (Å²) in [6, 6.07) is 7.37. The first kappa shape index (κ1) is 15.0. The zero-order valence-electron chi connectivity index (χ0n) is 11.4. The molecule has 4 nitrogen and oxygen atoms in total. The van der Waals surface area contributed by atoms with E-state index < -0.39 is 0 Å². The van der Waals surface area contributed by atoms with Crippen molar-refractivity contribution in [3.05, 3.63) is 40.9 Å². The fraction of sp³-hybridized carbons (Fsp3) is 0.400. The predicted molar refractivity (Wildman–Crippen MR) is 79.9 cm³/mol. The van der Waals surface area contributed by atoms with Crippen LogP contribution in [0.5, 0.6) is 0 Å². The molecule has 2 rings (SSSR count). The maximum absolute atomic E-state index is 11.7. The van der Waals surface area contributed by atoms with Crippen molar-refractivity contribution >= 4 is 23.6 Å². The second-order valence-electron chi connectivity index (χ2n) is 4.79. The average molecular weight is 296 g/mol. The van der Waals surface area contributed by atoms with E-state index in [1.807, 2.05) is 12.1 Å². The summed E-state index contributed by atoms with van der Waals surface area (Å²) in [6.07, 6.45) is 3.34. The van der Waals surface area contributed by atoms with Crippen molar-refractivity contribution < 1.29 is 14.4 Å². The van der Waals surface area contributed by atoms with Gasteiger partial charge in [-0.1, -0.05) is 23.7 Å². The number of morpholine rings is 1. The van der Waals surface area contributed by atoms with Crippen LogP contribution in [0.1, 0.15) is 5.56 Å². The molecule has 1 fully saturated rings. The van der Waals surface area contributed by atoms with E-state index >= 15 is 0 Å². The van der Waals surface area contributed by atoms with Crippen LogP contribution in [0.4, 0.5) is 0 Å². The van der Waals surface area contributed by atoms with Gasteiger partial charge in [-0.3, -0.25) is 4.79 Å². The monoisotopic (exact) mass is 295 g/mol. The van der Waals surface area contributed by atoms with Crippen molar-refractivity contribution in [2.45, 2.75) is 0 Å². The van der Waals surface area contributed by atoms with Crippen LogP contribution < -0.4 is 10.2 Å². The summed E-state index contributed by atoms with van der Waals surface area (Å²) in [4.78, 5) is 13.2. The van der Waals surface area contributed by atoms with E-state index in [1.165, 1.54) is 4.90 Å². The van der Waals surface area contributed by atoms with Gasteiger partial charge in [0.25, 0.3) is 0 Å². The lowest BCUT2D eigenvalue weighted by Gasteiger charge is -2.23.